The van der Waals surface area contributed by atoms with E-state index < -0.39 is 26.4 Å². The van der Waals surface area contributed by atoms with Crippen molar-refractivity contribution in [3.05, 3.63) is 0 Å². The Hall–Kier alpha value is 0.140. The lowest BCUT2D eigenvalue weighted by atomic mass is 10.5. The summed E-state index contributed by atoms with van der Waals surface area (Å²) in [5.74, 6) is 0. The van der Waals surface area contributed by atoms with Crippen molar-refractivity contribution < 1.29 is 25.9 Å². The molecule has 74 valence electrons. The Kier molecular flexibility index (Phi) is 2.66. The van der Waals surface area contributed by atoms with Crippen LogP contribution >= 0.6 is 10.9 Å². The lowest BCUT2D eigenvalue weighted by Crippen LogP contribution is -2.19. The summed E-state index contributed by atoms with van der Waals surface area (Å²) in [6.45, 7) is 0.0997. The van der Waals surface area contributed by atoms with E-state index >= 15 is 0 Å². The third-order valence-electron chi connectivity index (χ3n) is 1.23. The van der Waals surface area contributed by atoms with Crippen LogP contribution in [0.3, 0.4) is 0 Å². The maximum Gasteiger partial charge on any atom is 0.265 e. The van der Waals surface area contributed by atoms with Crippen molar-refractivity contribution in [3.8, 4) is 0 Å². The molecule has 12 heavy (non-hydrogen) atoms. The maximum absolute atomic E-state index is 10.6. The maximum atomic E-state index is 10.6. The molecule has 0 aromatic rings. The minimum atomic E-state index is -3.66. The highest BCUT2D eigenvalue weighted by Gasteiger charge is 2.39. The molecule has 1 aliphatic heterocycles. The summed E-state index contributed by atoms with van der Waals surface area (Å²) in [7, 11) is -6.98. The Bertz CT molecular complexity index is 257. The largest absolute Gasteiger partial charge is 0.306 e. The van der Waals surface area contributed by atoms with Gasteiger partial charge in [0.15, 0.2) is 5.44 Å². The third-order valence-corrected chi connectivity index (χ3v) is 3.47. The lowest BCUT2D eigenvalue weighted by molar-refractivity contribution is 0.262. The molecule has 1 fully saturated rings. The van der Waals surface area contributed by atoms with Crippen LogP contribution in [0.25, 0.3) is 0 Å². The van der Waals surface area contributed by atoms with Crippen LogP contribution in [0, 0.1) is 0 Å². The molecule has 0 amide bonds. The van der Waals surface area contributed by atoms with E-state index in [9.17, 15) is 8.42 Å². The number of hydrogen-bond donors (Lipinski definition) is 2. The smallest absolute Gasteiger partial charge is 0.265 e. The van der Waals surface area contributed by atoms with Crippen molar-refractivity contribution in [2.45, 2.75) is 11.9 Å². The molecule has 0 bridgehead atoms. The van der Waals surface area contributed by atoms with Crippen molar-refractivity contribution in [2.24, 2.45) is 0 Å². The molecule has 1 aliphatic rings. The first-order valence-electron chi connectivity index (χ1n) is 3.11. The van der Waals surface area contributed by atoms with Gasteiger partial charge in [-0.3, -0.25) is 8.37 Å². The monoisotopic (exact) mass is 218 g/mol. The average molecular weight is 218 g/mol. The summed E-state index contributed by atoms with van der Waals surface area (Å²) in [6, 6.07) is 0. The SMILES string of the molecule is CS(=O)(=O)OC1CCOS1(O)O. The number of rotatable bonds is 2. The highest BCUT2D eigenvalue weighted by atomic mass is 32.3. The molecule has 0 saturated carbocycles. The molecular weight excluding hydrogens is 208 g/mol. The molecule has 1 heterocycles. The van der Waals surface area contributed by atoms with E-state index in [2.05, 4.69) is 8.37 Å². The van der Waals surface area contributed by atoms with Gasteiger partial charge in [0.1, 0.15) is 10.9 Å². The Morgan fingerprint density at radius 2 is 2.17 bits per heavy atom. The minimum Gasteiger partial charge on any atom is -0.306 e. The average Bonchev–Trinajstić information content (AvgIpc) is 2.07. The van der Waals surface area contributed by atoms with Gasteiger partial charge in [0, 0.05) is 6.42 Å². The van der Waals surface area contributed by atoms with Gasteiger partial charge >= 0.3 is 0 Å². The molecule has 1 unspecified atom stereocenters. The van der Waals surface area contributed by atoms with Crippen LogP contribution in [0.15, 0.2) is 0 Å². The summed E-state index contributed by atoms with van der Waals surface area (Å²) in [5.41, 5.74) is -1.15. The topological polar surface area (TPSA) is 93.1 Å². The van der Waals surface area contributed by atoms with E-state index in [4.69, 9.17) is 9.11 Å². The number of hydrogen-bond acceptors (Lipinski definition) is 6. The first kappa shape index (κ1) is 10.2. The van der Waals surface area contributed by atoms with Gasteiger partial charge in [0.25, 0.3) is 10.1 Å². The van der Waals surface area contributed by atoms with Gasteiger partial charge in [0.2, 0.25) is 0 Å². The second-order valence-corrected chi connectivity index (χ2v) is 5.82. The molecule has 8 heteroatoms. The predicted octanol–water partition coefficient (Wildman–Crippen LogP) is 0.375. The zero-order valence-corrected chi connectivity index (χ0v) is 7.97. The first-order valence-corrected chi connectivity index (χ1v) is 6.46. The molecule has 0 aromatic carbocycles. The van der Waals surface area contributed by atoms with Gasteiger partial charge in [-0.15, -0.1) is 0 Å². The van der Waals surface area contributed by atoms with E-state index in [-0.39, 0.29) is 13.0 Å². The lowest BCUT2D eigenvalue weighted by Gasteiger charge is -2.25. The van der Waals surface area contributed by atoms with Crippen molar-refractivity contribution in [2.75, 3.05) is 12.9 Å². The molecule has 1 rings (SSSR count). The van der Waals surface area contributed by atoms with Crippen LogP contribution in [0.4, 0.5) is 0 Å². The third kappa shape index (κ3) is 2.57. The molecule has 2 N–H and O–H groups in total. The van der Waals surface area contributed by atoms with E-state index in [0.29, 0.717) is 0 Å². The Labute approximate surface area is 72.2 Å². The van der Waals surface area contributed by atoms with Gasteiger partial charge in [-0.25, -0.2) is 0 Å². The fourth-order valence-electron chi connectivity index (χ4n) is 0.791. The van der Waals surface area contributed by atoms with Gasteiger partial charge in [-0.05, 0) is 0 Å². The molecule has 0 aromatic heterocycles. The highest BCUT2D eigenvalue weighted by molar-refractivity contribution is 8.21. The quantitative estimate of drug-likeness (QED) is 0.651. The van der Waals surface area contributed by atoms with Gasteiger partial charge < -0.3 is 9.11 Å². The minimum absolute atomic E-state index is 0.0997. The van der Waals surface area contributed by atoms with Crippen molar-refractivity contribution in [1.29, 1.82) is 0 Å². The molecular formula is C4H10O6S2. The summed E-state index contributed by atoms with van der Waals surface area (Å²) < 4.78 is 48.2. The first-order chi connectivity index (χ1) is 5.31. The normalized spacial score (nSPS) is 31.8. The van der Waals surface area contributed by atoms with Crippen molar-refractivity contribution in [1.82, 2.24) is 0 Å². The second kappa shape index (κ2) is 3.13. The highest BCUT2D eigenvalue weighted by Crippen LogP contribution is 2.52. The zero-order valence-electron chi connectivity index (χ0n) is 6.34. The molecule has 1 saturated heterocycles. The Morgan fingerprint density at radius 3 is 2.50 bits per heavy atom. The summed E-state index contributed by atoms with van der Waals surface area (Å²) in [6.07, 6.45) is 1.02. The van der Waals surface area contributed by atoms with Crippen LogP contribution < -0.4 is 0 Å². The van der Waals surface area contributed by atoms with E-state index in [1.165, 1.54) is 0 Å². The fraction of sp³-hybridized carbons (Fsp3) is 1.00. The van der Waals surface area contributed by atoms with E-state index in [0.717, 1.165) is 6.26 Å². The van der Waals surface area contributed by atoms with Crippen LogP contribution in [-0.2, 0) is 18.5 Å². The zero-order chi connectivity index (χ0) is 9.41. The van der Waals surface area contributed by atoms with Crippen LogP contribution in [0.2, 0.25) is 0 Å². The van der Waals surface area contributed by atoms with E-state index in [1.807, 2.05) is 0 Å². The fourth-order valence-corrected chi connectivity index (χ4v) is 3.01. The molecule has 0 spiro atoms. The van der Waals surface area contributed by atoms with Gasteiger partial charge in [-0.1, -0.05) is 0 Å². The second-order valence-electron chi connectivity index (χ2n) is 2.38. The molecule has 6 nitrogen and oxygen atoms in total. The van der Waals surface area contributed by atoms with Crippen LogP contribution in [0.5, 0.6) is 0 Å². The van der Waals surface area contributed by atoms with Crippen molar-refractivity contribution in [3.63, 3.8) is 0 Å². The van der Waals surface area contributed by atoms with Gasteiger partial charge in [-0.2, -0.15) is 8.42 Å². The summed E-state index contributed by atoms with van der Waals surface area (Å²) in [5, 5.41) is 0. The van der Waals surface area contributed by atoms with Crippen molar-refractivity contribution >= 4 is 21.0 Å². The Balaban J connectivity index is 2.65. The summed E-state index contributed by atoms with van der Waals surface area (Å²) in [4.78, 5) is 0. The molecule has 0 aliphatic carbocycles. The summed E-state index contributed by atoms with van der Waals surface area (Å²) >= 11 is 0. The predicted molar refractivity (Wildman–Crippen MR) is 43.1 cm³/mol. The van der Waals surface area contributed by atoms with Gasteiger partial charge in [0.05, 0.1) is 12.9 Å². The standard InChI is InChI=1S/C4H10O6S2/c1-11(5,6)10-4-2-3-9-12(4,7)8/h4,7-8H,2-3H2,1H3. The molecule has 1 atom stereocenters. The van der Waals surface area contributed by atoms with E-state index in [1.54, 1.807) is 0 Å². The van der Waals surface area contributed by atoms with Crippen LogP contribution in [-0.4, -0.2) is 35.8 Å². The Morgan fingerprint density at radius 1 is 1.58 bits per heavy atom. The van der Waals surface area contributed by atoms with Crippen LogP contribution in [0.1, 0.15) is 6.42 Å². The molecule has 0 radical (unpaired) electrons.